The maximum absolute atomic E-state index is 13.6. The van der Waals surface area contributed by atoms with E-state index in [2.05, 4.69) is 9.97 Å². The third kappa shape index (κ3) is 4.70. The zero-order valence-electron chi connectivity index (χ0n) is 19.7. The quantitative estimate of drug-likeness (QED) is 0.304. The highest BCUT2D eigenvalue weighted by molar-refractivity contribution is 7.92. The summed E-state index contributed by atoms with van der Waals surface area (Å²) in [5.74, 6) is 1.11. The van der Waals surface area contributed by atoms with Crippen molar-refractivity contribution in [3.63, 3.8) is 0 Å². The number of furan rings is 1. The molecule has 5 rings (SSSR count). The van der Waals surface area contributed by atoms with Gasteiger partial charge >= 0.3 is 0 Å². The van der Waals surface area contributed by atoms with Gasteiger partial charge in [0.15, 0.2) is 0 Å². The lowest BCUT2D eigenvalue weighted by Gasteiger charge is -2.25. The Balaban J connectivity index is 1.75. The summed E-state index contributed by atoms with van der Waals surface area (Å²) in [4.78, 5) is 7.81. The molecule has 184 valence electrons. The minimum absolute atomic E-state index is 0.0112. The number of aliphatic hydroxyl groups is 1. The molecule has 2 heterocycles. The molecule has 0 aliphatic heterocycles. The van der Waals surface area contributed by atoms with Gasteiger partial charge in [0.05, 0.1) is 17.5 Å². The van der Waals surface area contributed by atoms with E-state index in [1.165, 1.54) is 22.7 Å². The van der Waals surface area contributed by atoms with E-state index < -0.39 is 10.0 Å². The molecular weight excluding hydrogens is 469 g/mol. The molecule has 2 aromatic heterocycles. The average Bonchev–Trinajstić information content (AvgIpc) is 3.47. The molecule has 1 aliphatic rings. The summed E-state index contributed by atoms with van der Waals surface area (Å²) in [6.07, 6.45) is 5.99. The molecule has 0 radical (unpaired) electrons. The number of nitrogens with zero attached hydrogens (tertiary/aromatic N) is 2. The zero-order valence-corrected chi connectivity index (χ0v) is 20.5. The van der Waals surface area contributed by atoms with Gasteiger partial charge in [-0.3, -0.25) is 4.31 Å². The second-order valence-electron chi connectivity index (χ2n) is 9.18. The van der Waals surface area contributed by atoms with Crippen LogP contribution < -0.4 is 4.31 Å². The maximum Gasteiger partial charge on any atom is 0.232 e. The van der Waals surface area contributed by atoms with Gasteiger partial charge in [-0.1, -0.05) is 0 Å². The molecule has 1 fully saturated rings. The highest BCUT2D eigenvalue weighted by Crippen LogP contribution is 2.49. The van der Waals surface area contributed by atoms with Crippen LogP contribution in [-0.2, 0) is 10.0 Å². The van der Waals surface area contributed by atoms with Crippen molar-refractivity contribution in [2.24, 2.45) is 0 Å². The van der Waals surface area contributed by atoms with Crippen LogP contribution in [0.25, 0.3) is 33.7 Å². The Morgan fingerprint density at radius 3 is 2.54 bits per heavy atom. The van der Waals surface area contributed by atoms with Gasteiger partial charge in [0, 0.05) is 42.1 Å². The van der Waals surface area contributed by atoms with Crippen molar-refractivity contribution in [1.29, 1.82) is 0 Å². The monoisotopic (exact) mass is 497 g/mol. The first-order valence-corrected chi connectivity index (χ1v) is 13.6. The number of benzene rings is 2. The molecule has 2 N–H and O–H groups in total. The number of halogens is 1. The predicted molar refractivity (Wildman–Crippen MR) is 134 cm³/mol. The first-order valence-electron chi connectivity index (χ1n) is 11.7. The number of rotatable bonds is 9. The molecule has 0 spiro atoms. The number of hydrogen-bond acceptors (Lipinski definition) is 5. The normalized spacial score (nSPS) is 14.1. The Hall–Kier alpha value is -3.17. The van der Waals surface area contributed by atoms with Gasteiger partial charge in [-0.25, -0.2) is 17.8 Å². The van der Waals surface area contributed by atoms with Gasteiger partial charge in [0.2, 0.25) is 10.0 Å². The van der Waals surface area contributed by atoms with Crippen LogP contribution in [0, 0.1) is 12.7 Å². The first kappa shape index (κ1) is 23.6. The summed E-state index contributed by atoms with van der Waals surface area (Å²) in [6, 6.07) is 9.91. The highest BCUT2D eigenvalue weighted by atomic mass is 32.2. The van der Waals surface area contributed by atoms with Crippen molar-refractivity contribution >= 4 is 26.7 Å². The van der Waals surface area contributed by atoms with E-state index in [9.17, 15) is 17.9 Å². The van der Waals surface area contributed by atoms with Crippen LogP contribution in [0.15, 0.2) is 47.0 Å². The van der Waals surface area contributed by atoms with Crippen molar-refractivity contribution in [1.82, 2.24) is 9.97 Å². The molecule has 1 aliphatic carbocycles. The van der Waals surface area contributed by atoms with Gasteiger partial charge in [0.1, 0.15) is 23.0 Å². The predicted octanol–water partition coefficient (Wildman–Crippen LogP) is 5.35. The molecule has 0 bridgehead atoms. The molecule has 7 nitrogen and oxygen atoms in total. The number of aryl methyl sites for hydroxylation is 1. The summed E-state index contributed by atoms with van der Waals surface area (Å²) in [5, 5.41) is 10.0. The summed E-state index contributed by atoms with van der Waals surface area (Å²) >= 11 is 0. The van der Waals surface area contributed by atoms with Gasteiger partial charge in [-0.05, 0) is 74.4 Å². The highest BCUT2D eigenvalue weighted by Gasteiger charge is 2.32. The number of sulfonamides is 1. The lowest BCUT2D eigenvalue weighted by molar-refractivity contribution is 0.285. The molecule has 0 atom stereocenters. The van der Waals surface area contributed by atoms with E-state index in [0.29, 0.717) is 41.3 Å². The first-order chi connectivity index (χ1) is 16.8. The summed E-state index contributed by atoms with van der Waals surface area (Å²) in [6.45, 7) is 2.21. The summed E-state index contributed by atoms with van der Waals surface area (Å²) < 4.78 is 47.0. The van der Waals surface area contributed by atoms with Crippen LogP contribution >= 0.6 is 0 Å². The fourth-order valence-electron chi connectivity index (χ4n) is 4.50. The van der Waals surface area contributed by atoms with Crippen LogP contribution in [0.1, 0.15) is 42.9 Å². The van der Waals surface area contributed by atoms with E-state index in [1.807, 2.05) is 13.0 Å². The number of imidazole rings is 1. The number of aliphatic hydroxyl groups excluding tert-OH is 1. The SMILES string of the molecule is Cc1cnc(-c2c(-c3ccc(F)cc3)oc3cc(N(CCCCO)S(C)(=O)=O)c(C4CC4)cc23)[nH]1. The standard InChI is InChI=1S/C26H28FN3O4S/c1-16-15-28-26(29-16)24-21-13-20(17-5-6-17)22(30(35(2,32)33)11-3-4-12-31)14-23(21)34-25(24)18-7-9-19(27)10-8-18/h7-10,13-15,17,31H,3-6,11-12H2,1-2H3,(H,28,29). The molecule has 9 heteroatoms. The Bertz CT molecular complexity index is 1470. The number of unbranched alkanes of at least 4 members (excludes halogenated alkanes) is 1. The number of nitrogens with one attached hydrogen (secondary N) is 1. The Labute approximate surface area is 203 Å². The minimum Gasteiger partial charge on any atom is -0.455 e. The molecule has 4 aromatic rings. The van der Waals surface area contributed by atoms with Crippen LogP contribution in [-0.4, -0.2) is 42.9 Å². The van der Waals surface area contributed by atoms with Crippen LogP contribution in [0.3, 0.4) is 0 Å². The Morgan fingerprint density at radius 2 is 1.94 bits per heavy atom. The van der Waals surface area contributed by atoms with E-state index in [1.54, 1.807) is 24.4 Å². The fraction of sp³-hybridized carbons (Fsp3) is 0.346. The van der Waals surface area contributed by atoms with E-state index >= 15 is 0 Å². The summed E-state index contributed by atoms with van der Waals surface area (Å²) in [7, 11) is -3.55. The molecular formula is C26H28FN3O4S. The molecule has 1 saturated carbocycles. The van der Waals surface area contributed by atoms with Crippen molar-refractivity contribution < 1.29 is 22.3 Å². The number of aromatic nitrogens is 2. The number of aromatic amines is 1. The third-order valence-corrected chi connectivity index (χ3v) is 7.52. The molecule has 0 unspecified atom stereocenters. The average molecular weight is 498 g/mol. The van der Waals surface area contributed by atoms with Gasteiger partial charge in [-0.15, -0.1) is 0 Å². The van der Waals surface area contributed by atoms with E-state index in [0.717, 1.165) is 35.0 Å². The Kier molecular flexibility index (Phi) is 6.14. The Morgan fingerprint density at radius 1 is 1.20 bits per heavy atom. The van der Waals surface area contributed by atoms with Crippen molar-refractivity contribution in [2.75, 3.05) is 23.7 Å². The summed E-state index contributed by atoms with van der Waals surface area (Å²) in [5.41, 5.74) is 4.46. The topological polar surface area (TPSA) is 99.4 Å². The number of fused-ring (bicyclic) bond motifs is 1. The molecule has 0 saturated heterocycles. The van der Waals surface area contributed by atoms with Gasteiger partial charge < -0.3 is 14.5 Å². The van der Waals surface area contributed by atoms with E-state index in [-0.39, 0.29) is 24.9 Å². The number of H-pyrrole nitrogens is 1. The molecule has 2 aromatic carbocycles. The zero-order chi connectivity index (χ0) is 24.7. The second kappa shape index (κ2) is 9.13. The van der Waals surface area contributed by atoms with Crippen LogP contribution in [0.5, 0.6) is 0 Å². The van der Waals surface area contributed by atoms with Crippen molar-refractivity contribution in [3.05, 3.63) is 59.7 Å². The minimum atomic E-state index is -3.55. The lowest BCUT2D eigenvalue weighted by atomic mass is 10.0. The van der Waals surface area contributed by atoms with E-state index in [4.69, 9.17) is 4.42 Å². The maximum atomic E-state index is 13.6. The smallest absolute Gasteiger partial charge is 0.232 e. The largest absolute Gasteiger partial charge is 0.455 e. The third-order valence-electron chi connectivity index (χ3n) is 6.34. The second-order valence-corrected chi connectivity index (χ2v) is 11.1. The van der Waals surface area contributed by atoms with Crippen molar-refractivity contribution in [3.8, 4) is 22.7 Å². The number of hydrogen-bond donors (Lipinski definition) is 2. The van der Waals surface area contributed by atoms with Crippen LogP contribution in [0.2, 0.25) is 0 Å². The lowest BCUT2D eigenvalue weighted by Crippen LogP contribution is -2.31. The van der Waals surface area contributed by atoms with Gasteiger partial charge in [-0.2, -0.15) is 0 Å². The van der Waals surface area contributed by atoms with Crippen molar-refractivity contribution in [2.45, 2.75) is 38.5 Å². The molecule has 0 amide bonds. The van der Waals surface area contributed by atoms with Crippen LogP contribution in [0.4, 0.5) is 10.1 Å². The van der Waals surface area contributed by atoms with Gasteiger partial charge in [0.25, 0.3) is 0 Å². The number of anilines is 1. The fourth-order valence-corrected chi connectivity index (χ4v) is 5.47. The molecule has 35 heavy (non-hydrogen) atoms.